The maximum absolute atomic E-state index is 13.5. The van der Waals surface area contributed by atoms with E-state index in [0.29, 0.717) is 15.6 Å². The average molecular weight is 486 g/mol. The van der Waals surface area contributed by atoms with Crippen LogP contribution in [0.1, 0.15) is 5.56 Å². The molecule has 0 bridgehead atoms. The lowest BCUT2D eigenvalue weighted by Gasteiger charge is -2.31. The summed E-state index contributed by atoms with van der Waals surface area (Å²) in [7, 11) is 0. The third kappa shape index (κ3) is 4.36. The first kappa shape index (κ1) is 21.6. The molecule has 1 aliphatic rings. The fourth-order valence-electron chi connectivity index (χ4n) is 3.58. The van der Waals surface area contributed by atoms with Crippen molar-refractivity contribution in [1.29, 1.82) is 5.26 Å². The van der Waals surface area contributed by atoms with Gasteiger partial charge >= 0.3 is 0 Å². The van der Waals surface area contributed by atoms with Gasteiger partial charge in [0.15, 0.2) is 0 Å². The Hall–Kier alpha value is -3.24. The van der Waals surface area contributed by atoms with Crippen molar-refractivity contribution in [3.05, 3.63) is 95.5 Å². The van der Waals surface area contributed by atoms with Crippen molar-refractivity contribution in [2.24, 2.45) is 0 Å². The summed E-state index contributed by atoms with van der Waals surface area (Å²) in [5, 5.41) is 10.8. The lowest BCUT2D eigenvalue weighted by Crippen LogP contribution is -2.30. The molecule has 1 amide bonds. The van der Waals surface area contributed by atoms with Crippen molar-refractivity contribution in [3.8, 4) is 17.3 Å². The Morgan fingerprint density at radius 2 is 1.58 bits per heavy atom. The molecule has 0 saturated carbocycles. The number of amides is 1. The van der Waals surface area contributed by atoms with Gasteiger partial charge in [0, 0.05) is 20.4 Å². The maximum atomic E-state index is 13.5. The Bertz CT molecular complexity index is 1350. The number of hydrogen-bond acceptors (Lipinski definition) is 5. The van der Waals surface area contributed by atoms with Gasteiger partial charge in [0.05, 0.1) is 28.4 Å². The van der Waals surface area contributed by atoms with E-state index < -0.39 is 0 Å². The monoisotopic (exact) mass is 485 g/mol. The summed E-state index contributed by atoms with van der Waals surface area (Å²) < 4.78 is 0. The number of anilines is 2. The van der Waals surface area contributed by atoms with E-state index in [2.05, 4.69) is 11.1 Å². The zero-order valence-corrected chi connectivity index (χ0v) is 19.6. The van der Waals surface area contributed by atoms with E-state index in [0.717, 1.165) is 32.4 Å². The number of aromatic nitrogens is 1. The van der Waals surface area contributed by atoms with Gasteiger partial charge in [0.1, 0.15) is 11.1 Å². The molecular formula is C26H16ClN3OS2. The van der Waals surface area contributed by atoms with Crippen LogP contribution >= 0.6 is 35.1 Å². The van der Waals surface area contributed by atoms with Crippen molar-refractivity contribution in [2.45, 2.75) is 14.8 Å². The van der Waals surface area contributed by atoms with Crippen molar-refractivity contribution >= 4 is 52.4 Å². The predicted octanol–water partition coefficient (Wildman–Crippen LogP) is 7.20. The van der Waals surface area contributed by atoms with Crippen LogP contribution in [0.25, 0.3) is 11.3 Å². The molecule has 0 aliphatic carbocycles. The molecule has 3 aromatic carbocycles. The van der Waals surface area contributed by atoms with E-state index in [1.165, 1.54) is 11.8 Å². The molecule has 0 fully saturated rings. The number of halogens is 1. The lowest BCUT2D eigenvalue weighted by atomic mass is 10.1. The van der Waals surface area contributed by atoms with Crippen molar-refractivity contribution < 1.29 is 4.79 Å². The molecule has 0 unspecified atom stereocenters. The number of nitriles is 1. The van der Waals surface area contributed by atoms with Gasteiger partial charge in [-0.25, -0.2) is 4.98 Å². The van der Waals surface area contributed by atoms with Crippen LogP contribution in [-0.4, -0.2) is 16.6 Å². The topological polar surface area (TPSA) is 57.0 Å². The lowest BCUT2D eigenvalue weighted by molar-refractivity contribution is -0.115. The number of carbonyl (C=O) groups excluding carboxylic acids is 1. The minimum atomic E-state index is -0.0669. The van der Waals surface area contributed by atoms with E-state index in [1.807, 2.05) is 66.7 Å². The van der Waals surface area contributed by atoms with Crippen LogP contribution in [0.3, 0.4) is 0 Å². The molecule has 0 spiro atoms. The molecule has 0 saturated heterocycles. The van der Waals surface area contributed by atoms with Gasteiger partial charge in [-0.05, 0) is 48.5 Å². The quantitative estimate of drug-likeness (QED) is 0.286. The van der Waals surface area contributed by atoms with Crippen LogP contribution in [-0.2, 0) is 4.79 Å². The number of rotatable bonds is 4. The summed E-state index contributed by atoms with van der Waals surface area (Å²) >= 11 is 8.93. The number of fused-ring (bicyclic) bond motifs is 2. The highest BCUT2D eigenvalue weighted by atomic mass is 35.5. The molecule has 5 rings (SSSR count). The number of carbonyl (C=O) groups is 1. The van der Waals surface area contributed by atoms with Gasteiger partial charge in [0.25, 0.3) is 0 Å². The number of thioether (sulfide) groups is 1. The molecule has 1 aromatic heterocycles. The fraction of sp³-hybridized carbons (Fsp3) is 0.0385. The molecule has 33 heavy (non-hydrogen) atoms. The van der Waals surface area contributed by atoms with Crippen LogP contribution in [0, 0.1) is 11.3 Å². The summed E-state index contributed by atoms with van der Waals surface area (Å²) in [5.41, 5.74) is 3.81. The Labute approximate surface area is 205 Å². The minimum Gasteiger partial charge on any atom is -0.278 e. The molecule has 0 radical (unpaired) electrons. The number of hydrogen-bond donors (Lipinski definition) is 0. The first-order chi connectivity index (χ1) is 16.1. The number of pyridine rings is 1. The number of nitrogens with zero attached hydrogens (tertiary/aromatic N) is 3. The van der Waals surface area contributed by atoms with Crippen LogP contribution < -0.4 is 4.90 Å². The first-order valence-electron chi connectivity index (χ1n) is 10.1. The van der Waals surface area contributed by atoms with Crippen molar-refractivity contribution in [1.82, 2.24) is 4.98 Å². The normalized spacial score (nSPS) is 11.9. The second-order valence-corrected chi connectivity index (χ2v) is 9.71. The van der Waals surface area contributed by atoms with E-state index in [-0.39, 0.29) is 11.7 Å². The smallest absolute Gasteiger partial charge is 0.242 e. The SMILES string of the molecule is N#Cc1ccc(-c2ccc(Cl)cc2)nc1SCC(=O)N1c2ccccc2Sc2ccccc21. The van der Waals surface area contributed by atoms with E-state index in [4.69, 9.17) is 11.6 Å². The molecule has 0 atom stereocenters. The van der Waals surface area contributed by atoms with E-state index in [9.17, 15) is 10.1 Å². The fourth-order valence-corrected chi connectivity index (χ4v) is 5.59. The zero-order chi connectivity index (χ0) is 22.8. The second kappa shape index (κ2) is 9.32. The largest absolute Gasteiger partial charge is 0.278 e. The van der Waals surface area contributed by atoms with E-state index in [1.54, 1.807) is 34.9 Å². The Morgan fingerprint density at radius 3 is 2.21 bits per heavy atom. The number of benzene rings is 3. The molecule has 160 valence electrons. The van der Waals surface area contributed by atoms with Gasteiger partial charge < -0.3 is 0 Å². The molecule has 1 aliphatic heterocycles. The molecule has 0 N–H and O–H groups in total. The number of para-hydroxylation sites is 2. The van der Waals surface area contributed by atoms with Gasteiger partial charge in [-0.1, -0.05) is 71.5 Å². The van der Waals surface area contributed by atoms with Gasteiger partial charge in [0.2, 0.25) is 5.91 Å². The summed E-state index contributed by atoms with van der Waals surface area (Å²) in [6, 6.07) is 28.9. The summed E-state index contributed by atoms with van der Waals surface area (Å²) in [4.78, 5) is 22.0. The van der Waals surface area contributed by atoms with Crippen molar-refractivity contribution in [3.63, 3.8) is 0 Å². The molecular weight excluding hydrogens is 470 g/mol. The Balaban J connectivity index is 1.44. The third-order valence-corrected chi connectivity index (χ3v) is 7.49. The van der Waals surface area contributed by atoms with Gasteiger partial charge in [-0.3, -0.25) is 9.69 Å². The van der Waals surface area contributed by atoms with E-state index >= 15 is 0 Å². The Morgan fingerprint density at radius 1 is 0.939 bits per heavy atom. The van der Waals surface area contributed by atoms with Gasteiger partial charge in [-0.15, -0.1) is 0 Å². The second-order valence-electron chi connectivity index (χ2n) is 7.22. The van der Waals surface area contributed by atoms with Crippen LogP contribution in [0.4, 0.5) is 11.4 Å². The average Bonchev–Trinajstić information content (AvgIpc) is 2.86. The molecule has 7 heteroatoms. The molecule has 4 aromatic rings. The predicted molar refractivity (Wildman–Crippen MR) is 134 cm³/mol. The highest BCUT2D eigenvalue weighted by Crippen LogP contribution is 2.48. The molecule has 2 heterocycles. The summed E-state index contributed by atoms with van der Waals surface area (Å²) in [5.74, 6) is 0.0850. The zero-order valence-electron chi connectivity index (χ0n) is 17.2. The standard InChI is InChI=1S/C26H16ClN3OS2/c27-19-12-9-17(10-13-19)20-14-11-18(15-28)26(29-20)32-16-25(31)30-21-5-1-3-7-23(21)33-24-8-4-2-6-22(24)30/h1-14H,16H2. The minimum absolute atomic E-state index is 0.0669. The Kier molecular flexibility index (Phi) is 6.10. The van der Waals surface area contributed by atoms with Crippen LogP contribution in [0.5, 0.6) is 0 Å². The molecule has 4 nitrogen and oxygen atoms in total. The van der Waals surface area contributed by atoms with Crippen LogP contribution in [0.15, 0.2) is 99.7 Å². The maximum Gasteiger partial charge on any atom is 0.242 e. The first-order valence-corrected chi connectivity index (χ1v) is 12.3. The van der Waals surface area contributed by atoms with Gasteiger partial charge in [-0.2, -0.15) is 5.26 Å². The third-order valence-electron chi connectivity index (χ3n) is 5.13. The summed E-state index contributed by atoms with van der Waals surface area (Å²) in [6.45, 7) is 0. The highest BCUT2D eigenvalue weighted by molar-refractivity contribution is 8.00. The van der Waals surface area contributed by atoms with Crippen LogP contribution in [0.2, 0.25) is 5.02 Å². The summed E-state index contributed by atoms with van der Waals surface area (Å²) in [6.07, 6.45) is 0. The van der Waals surface area contributed by atoms with Crippen molar-refractivity contribution in [2.75, 3.05) is 10.7 Å². The highest BCUT2D eigenvalue weighted by Gasteiger charge is 2.28.